The summed E-state index contributed by atoms with van der Waals surface area (Å²) < 4.78 is 12.9. The number of methoxy groups -OCH3 is 2. The van der Waals surface area contributed by atoms with Gasteiger partial charge in [0.05, 0.1) is 13.2 Å². The van der Waals surface area contributed by atoms with E-state index in [1.54, 1.807) is 25.6 Å². The average molecular weight is 281 g/mol. The molecule has 19 heavy (non-hydrogen) atoms. The molecule has 0 aliphatic heterocycles. The summed E-state index contributed by atoms with van der Waals surface area (Å²) in [5, 5.41) is 5.63. The molecule has 5 nitrogen and oxygen atoms in total. The number of hydrogen-bond donors (Lipinski definition) is 1. The highest BCUT2D eigenvalue weighted by atomic mass is 32.1. The Bertz CT molecular complexity index is 551. The van der Waals surface area contributed by atoms with Crippen molar-refractivity contribution in [3.63, 3.8) is 0 Å². The van der Waals surface area contributed by atoms with Crippen LogP contribution in [0, 0.1) is 0 Å². The molecule has 0 spiro atoms. The molecule has 2 atom stereocenters. The van der Waals surface area contributed by atoms with E-state index in [9.17, 15) is 0 Å². The predicted octanol–water partition coefficient (Wildman–Crippen LogP) is 2.06. The third-order valence-electron chi connectivity index (χ3n) is 3.79. The summed E-state index contributed by atoms with van der Waals surface area (Å²) in [7, 11) is 3.47. The molecule has 1 saturated carbocycles. The van der Waals surface area contributed by atoms with Crippen molar-refractivity contribution < 1.29 is 9.47 Å². The maximum absolute atomic E-state index is 5.40. The van der Waals surface area contributed by atoms with Crippen molar-refractivity contribution in [3.8, 4) is 5.88 Å². The van der Waals surface area contributed by atoms with E-state index in [-0.39, 0.29) is 0 Å². The zero-order chi connectivity index (χ0) is 13.2. The van der Waals surface area contributed by atoms with E-state index in [0.29, 0.717) is 12.1 Å². The molecule has 6 heteroatoms. The number of rotatable bonds is 5. The Kier molecular flexibility index (Phi) is 3.72. The molecule has 1 N–H and O–H groups in total. The highest BCUT2D eigenvalue weighted by Gasteiger charge is 2.24. The lowest BCUT2D eigenvalue weighted by molar-refractivity contribution is 0.107. The Morgan fingerprint density at radius 3 is 3.11 bits per heavy atom. The zero-order valence-corrected chi connectivity index (χ0v) is 12.1. The van der Waals surface area contributed by atoms with E-state index in [4.69, 9.17) is 9.47 Å². The lowest BCUT2D eigenvalue weighted by atomic mass is 10.2. The van der Waals surface area contributed by atoms with Gasteiger partial charge in [-0.05, 0) is 19.3 Å². The van der Waals surface area contributed by atoms with Crippen LogP contribution >= 0.6 is 11.3 Å². The van der Waals surface area contributed by atoms with Gasteiger partial charge in [-0.3, -0.25) is 4.40 Å². The Morgan fingerprint density at radius 1 is 1.47 bits per heavy atom. The molecular formula is C13H19N3O2S. The normalized spacial score (nSPS) is 23.3. The molecular weight excluding hydrogens is 262 g/mol. The summed E-state index contributed by atoms with van der Waals surface area (Å²) in [5.74, 6) is 0.723. The number of imidazole rings is 1. The Balaban J connectivity index is 1.69. The molecule has 0 saturated heterocycles. The van der Waals surface area contributed by atoms with E-state index in [1.165, 1.54) is 6.42 Å². The number of thiazole rings is 1. The van der Waals surface area contributed by atoms with Crippen LogP contribution in [0.5, 0.6) is 5.88 Å². The summed E-state index contributed by atoms with van der Waals surface area (Å²) in [6.07, 6.45) is 5.85. The zero-order valence-electron chi connectivity index (χ0n) is 11.3. The van der Waals surface area contributed by atoms with Gasteiger partial charge < -0.3 is 14.8 Å². The minimum Gasteiger partial charge on any atom is -0.480 e. The Labute approximate surface area is 116 Å². The van der Waals surface area contributed by atoms with Crippen LogP contribution < -0.4 is 10.1 Å². The van der Waals surface area contributed by atoms with Crippen molar-refractivity contribution in [1.29, 1.82) is 0 Å². The molecule has 3 rings (SSSR count). The van der Waals surface area contributed by atoms with Gasteiger partial charge in [0.1, 0.15) is 5.69 Å². The Morgan fingerprint density at radius 2 is 2.37 bits per heavy atom. The quantitative estimate of drug-likeness (QED) is 0.911. The number of fused-ring (bicyclic) bond motifs is 1. The SMILES string of the molecule is COc1nc2sccn2c1CNC1CCC(OC)C1. The highest BCUT2D eigenvalue weighted by Crippen LogP contribution is 2.25. The number of hydrogen-bond acceptors (Lipinski definition) is 5. The van der Waals surface area contributed by atoms with E-state index < -0.39 is 0 Å². The fraction of sp³-hybridized carbons (Fsp3) is 0.615. The first kappa shape index (κ1) is 12.9. The summed E-state index contributed by atoms with van der Waals surface area (Å²) in [6.45, 7) is 0.780. The molecule has 1 aliphatic carbocycles. The van der Waals surface area contributed by atoms with E-state index in [0.717, 1.165) is 35.9 Å². The average Bonchev–Trinajstić information content (AvgIpc) is 3.11. The van der Waals surface area contributed by atoms with Gasteiger partial charge in [-0.1, -0.05) is 0 Å². The second-order valence-corrected chi connectivity index (χ2v) is 5.74. The van der Waals surface area contributed by atoms with Gasteiger partial charge in [0.2, 0.25) is 5.88 Å². The van der Waals surface area contributed by atoms with Gasteiger partial charge in [-0.25, -0.2) is 0 Å². The number of nitrogens with zero attached hydrogens (tertiary/aromatic N) is 2. The maximum atomic E-state index is 5.40. The molecule has 0 amide bonds. The molecule has 2 aromatic rings. The number of aromatic nitrogens is 2. The number of nitrogens with one attached hydrogen (secondary N) is 1. The van der Waals surface area contributed by atoms with Gasteiger partial charge in [-0.15, -0.1) is 11.3 Å². The van der Waals surface area contributed by atoms with Crippen molar-refractivity contribution in [1.82, 2.24) is 14.7 Å². The maximum Gasteiger partial charge on any atom is 0.237 e. The highest BCUT2D eigenvalue weighted by molar-refractivity contribution is 7.15. The van der Waals surface area contributed by atoms with Crippen LogP contribution in [-0.4, -0.2) is 35.8 Å². The lowest BCUT2D eigenvalue weighted by Crippen LogP contribution is -2.27. The minimum atomic E-state index is 0.408. The summed E-state index contributed by atoms with van der Waals surface area (Å²) in [5.41, 5.74) is 1.10. The van der Waals surface area contributed by atoms with Crippen molar-refractivity contribution in [2.75, 3.05) is 14.2 Å². The van der Waals surface area contributed by atoms with Crippen LogP contribution in [0.1, 0.15) is 25.0 Å². The van der Waals surface area contributed by atoms with Gasteiger partial charge in [0, 0.05) is 31.3 Å². The minimum absolute atomic E-state index is 0.408. The first-order valence-electron chi connectivity index (χ1n) is 6.56. The van der Waals surface area contributed by atoms with Gasteiger partial charge in [-0.2, -0.15) is 4.98 Å². The number of ether oxygens (including phenoxy) is 2. The van der Waals surface area contributed by atoms with Crippen LogP contribution in [0.25, 0.3) is 4.96 Å². The second-order valence-electron chi connectivity index (χ2n) is 4.87. The molecule has 2 aromatic heterocycles. The summed E-state index contributed by atoms with van der Waals surface area (Å²) in [4.78, 5) is 5.44. The van der Waals surface area contributed by atoms with Crippen LogP contribution in [-0.2, 0) is 11.3 Å². The van der Waals surface area contributed by atoms with Gasteiger partial charge in [0.25, 0.3) is 0 Å². The predicted molar refractivity (Wildman–Crippen MR) is 74.9 cm³/mol. The van der Waals surface area contributed by atoms with Gasteiger partial charge >= 0.3 is 0 Å². The lowest BCUT2D eigenvalue weighted by Gasteiger charge is -2.13. The third-order valence-corrected chi connectivity index (χ3v) is 4.55. The first-order chi connectivity index (χ1) is 9.31. The van der Waals surface area contributed by atoms with Crippen molar-refractivity contribution in [2.24, 2.45) is 0 Å². The molecule has 0 bridgehead atoms. The molecule has 104 valence electrons. The van der Waals surface area contributed by atoms with Crippen molar-refractivity contribution in [2.45, 2.75) is 38.0 Å². The molecule has 2 unspecified atom stereocenters. The topological polar surface area (TPSA) is 47.8 Å². The molecule has 2 heterocycles. The monoisotopic (exact) mass is 281 g/mol. The van der Waals surface area contributed by atoms with E-state index in [2.05, 4.69) is 14.7 Å². The van der Waals surface area contributed by atoms with Crippen LogP contribution in [0.3, 0.4) is 0 Å². The van der Waals surface area contributed by atoms with Crippen LogP contribution in [0.4, 0.5) is 0 Å². The third kappa shape index (κ3) is 2.48. The first-order valence-corrected chi connectivity index (χ1v) is 7.44. The van der Waals surface area contributed by atoms with Gasteiger partial charge in [0.15, 0.2) is 4.96 Å². The van der Waals surface area contributed by atoms with Crippen LogP contribution in [0.15, 0.2) is 11.6 Å². The Hall–Kier alpha value is -1.11. The fourth-order valence-corrected chi connectivity index (χ4v) is 3.44. The van der Waals surface area contributed by atoms with E-state index >= 15 is 0 Å². The van der Waals surface area contributed by atoms with Crippen molar-refractivity contribution >= 4 is 16.3 Å². The smallest absolute Gasteiger partial charge is 0.237 e. The largest absolute Gasteiger partial charge is 0.480 e. The molecule has 1 fully saturated rings. The summed E-state index contributed by atoms with van der Waals surface area (Å²) in [6, 6.07) is 0.527. The molecule has 1 aliphatic rings. The standard InChI is InChI=1S/C13H19N3O2S/c1-17-10-4-3-9(7-10)14-8-11-12(18-2)15-13-16(11)5-6-19-13/h5-6,9-10,14H,3-4,7-8H2,1-2H3. The van der Waals surface area contributed by atoms with Crippen LogP contribution in [0.2, 0.25) is 0 Å². The second kappa shape index (κ2) is 5.48. The molecule has 0 aromatic carbocycles. The van der Waals surface area contributed by atoms with E-state index in [1.807, 2.05) is 11.6 Å². The summed E-state index contributed by atoms with van der Waals surface area (Å²) >= 11 is 1.62. The molecule has 0 radical (unpaired) electrons. The fourth-order valence-electron chi connectivity index (χ4n) is 2.72. The van der Waals surface area contributed by atoms with Crippen molar-refractivity contribution in [3.05, 3.63) is 17.3 Å².